The van der Waals surface area contributed by atoms with Gasteiger partial charge in [-0.15, -0.1) is 11.8 Å². The van der Waals surface area contributed by atoms with E-state index in [2.05, 4.69) is 4.72 Å². The van der Waals surface area contributed by atoms with Gasteiger partial charge in [0.2, 0.25) is 10.0 Å². The van der Waals surface area contributed by atoms with E-state index < -0.39 is 10.0 Å². The van der Waals surface area contributed by atoms with Crippen LogP contribution in [0.2, 0.25) is 5.02 Å². The molecule has 1 aromatic carbocycles. The van der Waals surface area contributed by atoms with E-state index in [1.165, 1.54) is 17.8 Å². The van der Waals surface area contributed by atoms with Gasteiger partial charge < -0.3 is 5.73 Å². The summed E-state index contributed by atoms with van der Waals surface area (Å²) < 4.78 is 26.2. The number of halogens is 1. The summed E-state index contributed by atoms with van der Waals surface area (Å²) in [5, 5.41) is 0.444. The van der Waals surface area contributed by atoms with Gasteiger partial charge in [-0.25, -0.2) is 13.1 Å². The molecule has 0 saturated heterocycles. The number of hydrogen-bond donors (Lipinski definition) is 2. The van der Waals surface area contributed by atoms with E-state index in [4.69, 9.17) is 17.3 Å². The molecule has 0 aliphatic carbocycles. The first-order chi connectivity index (χ1) is 8.01. The maximum atomic E-state index is 11.8. The van der Waals surface area contributed by atoms with Crippen LogP contribution in [-0.4, -0.2) is 27.8 Å². The lowest BCUT2D eigenvalue weighted by molar-refractivity contribution is 0.579. The zero-order valence-electron chi connectivity index (χ0n) is 9.44. The highest BCUT2D eigenvalue weighted by Crippen LogP contribution is 2.27. The van der Waals surface area contributed by atoms with Gasteiger partial charge >= 0.3 is 0 Å². The third-order valence-electron chi connectivity index (χ3n) is 2.11. The summed E-state index contributed by atoms with van der Waals surface area (Å²) in [6.07, 6.45) is 2.49. The maximum Gasteiger partial charge on any atom is 0.240 e. The SMILES string of the molecule is CSc1ccc(S(=O)(=O)NCCCN)cc1Cl. The van der Waals surface area contributed by atoms with Gasteiger partial charge in [0.25, 0.3) is 0 Å². The maximum absolute atomic E-state index is 11.8. The Bertz CT molecular complexity index is 477. The van der Waals surface area contributed by atoms with Crippen LogP contribution in [0.1, 0.15) is 6.42 Å². The molecule has 0 atom stereocenters. The van der Waals surface area contributed by atoms with E-state index in [1.54, 1.807) is 12.1 Å². The second-order valence-electron chi connectivity index (χ2n) is 3.34. The molecular formula is C10H15ClN2O2S2. The van der Waals surface area contributed by atoms with Crippen LogP contribution >= 0.6 is 23.4 Å². The Morgan fingerprint density at radius 2 is 2.18 bits per heavy atom. The highest BCUT2D eigenvalue weighted by molar-refractivity contribution is 7.98. The van der Waals surface area contributed by atoms with E-state index in [0.29, 0.717) is 24.5 Å². The van der Waals surface area contributed by atoms with Crippen LogP contribution in [0.25, 0.3) is 0 Å². The Morgan fingerprint density at radius 3 is 2.71 bits per heavy atom. The minimum atomic E-state index is -3.48. The second kappa shape index (κ2) is 6.61. The van der Waals surface area contributed by atoms with Crippen LogP contribution in [0.3, 0.4) is 0 Å². The van der Waals surface area contributed by atoms with Crippen molar-refractivity contribution >= 4 is 33.4 Å². The lowest BCUT2D eigenvalue weighted by Crippen LogP contribution is -2.26. The fourth-order valence-corrected chi connectivity index (χ4v) is 3.24. The van der Waals surface area contributed by atoms with Crippen molar-refractivity contribution in [3.63, 3.8) is 0 Å². The molecule has 0 fully saturated rings. The number of benzene rings is 1. The van der Waals surface area contributed by atoms with Crippen molar-refractivity contribution in [3.05, 3.63) is 23.2 Å². The van der Waals surface area contributed by atoms with Crippen molar-refractivity contribution in [2.24, 2.45) is 5.73 Å². The summed E-state index contributed by atoms with van der Waals surface area (Å²) in [6.45, 7) is 0.787. The number of sulfonamides is 1. The molecule has 0 spiro atoms. The lowest BCUT2D eigenvalue weighted by atomic mass is 10.4. The minimum absolute atomic E-state index is 0.178. The fourth-order valence-electron chi connectivity index (χ4n) is 1.21. The molecule has 4 nitrogen and oxygen atoms in total. The molecule has 0 unspecified atom stereocenters. The highest BCUT2D eigenvalue weighted by atomic mass is 35.5. The first kappa shape index (κ1) is 14.8. The smallest absolute Gasteiger partial charge is 0.240 e. The summed E-state index contributed by atoms with van der Waals surface area (Å²) in [6, 6.07) is 4.70. The molecule has 0 aliphatic rings. The van der Waals surface area contributed by atoms with E-state index in [0.717, 1.165) is 4.90 Å². The molecule has 0 aliphatic heterocycles. The number of nitrogens with one attached hydrogen (secondary N) is 1. The van der Waals surface area contributed by atoms with Crippen LogP contribution in [0, 0.1) is 0 Å². The Labute approximate surface area is 111 Å². The van der Waals surface area contributed by atoms with Crippen molar-refractivity contribution in [1.82, 2.24) is 4.72 Å². The van der Waals surface area contributed by atoms with Gasteiger partial charge in [-0.2, -0.15) is 0 Å². The topological polar surface area (TPSA) is 72.2 Å². The molecular weight excluding hydrogens is 280 g/mol. The lowest BCUT2D eigenvalue weighted by Gasteiger charge is -2.07. The number of nitrogens with two attached hydrogens (primary N) is 1. The molecule has 3 N–H and O–H groups in total. The molecule has 0 bridgehead atoms. The van der Waals surface area contributed by atoms with Gasteiger partial charge in [0.05, 0.1) is 9.92 Å². The van der Waals surface area contributed by atoms with E-state index in [-0.39, 0.29) is 4.90 Å². The average Bonchev–Trinajstić information content (AvgIpc) is 2.29. The van der Waals surface area contributed by atoms with Crippen LogP contribution < -0.4 is 10.5 Å². The quantitative estimate of drug-likeness (QED) is 0.619. The van der Waals surface area contributed by atoms with E-state index >= 15 is 0 Å². The number of hydrogen-bond acceptors (Lipinski definition) is 4. The molecule has 0 aromatic heterocycles. The third kappa shape index (κ3) is 4.15. The second-order valence-corrected chi connectivity index (χ2v) is 6.36. The van der Waals surface area contributed by atoms with Gasteiger partial charge in [-0.1, -0.05) is 11.6 Å². The normalized spacial score (nSPS) is 11.7. The molecule has 0 heterocycles. The number of rotatable bonds is 6. The standard InChI is InChI=1S/C10H15ClN2O2S2/c1-16-10-4-3-8(7-9(10)11)17(14,15)13-6-2-5-12/h3-4,7,13H,2,5-6,12H2,1H3. The molecule has 96 valence electrons. The predicted molar refractivity (Wildman–Crippen MR) is 72.1 cm³/mol. The zero-order chi connectivity index (χ0) is 12.9. The van der Waals surface area contributed by atoms with Crippen molar-refractivity contribution in [3.8, 4) is 0 Å². The summed E-state index contributed by atoms with van der Waals surface area (Å²) in [7, 11) is -3.48. The summed E-state index contributed by atoms with van der Waals surface area (Å²) in [4.78, 5) is 1.03. The summed E-state index contributed by atoms with van der Waals surface area (Å²) in [5.74, 6) is 0. The fraction of sp³-hybridized carbons (Fsp3) is 0.400. The van der Waals surface area contributed by atoms with Gasteiger partial charge in [-0.05, 0) is 37.4 Å². The average molecular weight is 295 g/mol. The van der Waals surface area contributed by atoms with Crippen molar-refractivity contribution in [1.29, 1.82) is 0 Å². The summed E-state index contributed by atoms with van der Waals surface area (Å²) >= 11 is 7.44. The van der Waals surface area contributed by atoms with Crippen LogP contribution in [0.5, 0.6) is 0 Å². The van der Waals surface area contributed by atoms with Crippen molar-refractivity contribution < 1.29 is 8.42 Å². The molecule has 0 amide bonds. The van der Waals surface area contributed by atoms with Crippen LogP contribution in [0.15, 0.2) is 28.0 Å². The minimum Gasteiger partial charge on any atom is -0.330 e. The first-order valence-corrected chi connectivity index (χ1v) is 8.13. The molecule has 0 radical (unpaired) electrons. The van der Waals surface area contributed by atoms with E-state index in [1.807, 2.05) is 6.26 Å². The third-order valence-corrected chi connectivity index (χ3v) is 4.79. The molecule has 17 heavy (non-hydrogen) atoms. The van der Waals surface area contributed by atoms with E-state index in [9.17, 15) is 8.42 Å². The highest BCUT2D eigenvalue weighted by Gasteiger charge is 2.14. The van der Waals surface area contributed by atoms with Gasteiger partial charge in [0.1, 0.15) is 0 Å². The van der Waals surface area contributed by atoms with Crippen LogP contribution in [0.4, 0.5) is 0 Å². The Balaban J connectivity index is 2.88. The first-order valence-electron chi connectivity index (χ1n) is 5.04. The Hall–Kier alpha value is -0.270. The Morgan fingerprint density at radius 1 is 1.47 bits per heavy atom. The molecule has 7 heteroatoms. The van der Waals surface area contributed by atoms with Gasteiger partial charge in [0.15, 0.2) is 0 Å². The van der Waals surface area contributed by atoms with Crippen molar-refractivity contribution in [2.75, 3.05) is 19.3 Å². The molecule has 1 rings (SSSR count). The van der Waals surface area contributed by atoms with Gasteiger partial charge in [-0.3, -0.25) is 0 Å². The predicted octanol–water partition coefficient (Wildman–Crippen LogP) is 1.69. The molecule has 1 aromatic rings. The van der Waals surface area contributed by atoms with Crippen LogP contribution in [-0.2, 0) is 10.0 Å². The monoisotopic (exact) mass is 294 g/mol. The number of thioether (sulfide) groups is 1. The largest absolute Gasteiger partial charge is 0.330 e. The van der Waals surface area contributed by atoms with Gasteiger partial charge in [0, 0.05) is 11.4 Å². The van der Waals surface area contributed by atoms with Crippen molar-refractivity contribution in [2.45, 2.75) is 16.2 Å². The molecule has 0 saturated carbocycles. The zero-order valence-corrected chi connectivity index (χ0v) is 11.8. The summed E-state index contributed by atoms with van der Waals surface area (Å²) in [5.41, 5.74) is 5.30. The Kier molecular flexibility index (Phi) is 5.75.